The van der Waals surface area contributed by atoms with Gasteiger partial charge in [-0.05, 0) is 42.5 Å². The van der Waals surface area contributed by atoms with E-state index in [1.54, 1.807) is 4.80 Å². The normalized spacial score (nSPS) is 10.4. The van der Waals surface area contributed by atoms with Crippen molar-refractivity contribution in [1.82, 2.24) is 20.3 Å². The van der Waals surface area contributed by atoms with Gasteiger partial charge in [0, 0.05) is 12.6 Å². The lowest BCUT2D eigenvalue weighted by Gasteiger charge is -2.07. The van der Waals surface area contributed by atoms with Gasteiger partial charge in [0.25, 0.3) is 0 Å². The number of nitrogens with zero attached hydrogens (tertiary/aromatic N) is 3. The molecular weight excluding hydrogens is 298 g/mol. The van der Waals surface area contributed by atoms with Gasteiger partial charge in [-0.2, -0.15) is 4.80 Å². The summed E-state index contributed by atoms with van der Waals surface area (Å²) in [6.45, 7) is 1.41. The van der Waals surface area contributed by atoms with Crippen LogP contribution in [-0.2, 0) is 4.79 Å². The largest absolute Gasteiger partial charge is 0.332 e. The SMILES string of the molecule is CC(=O)NC(=S)Nc1ccc2nn(-c3ccccc3)nc2c1. The highest BCUT2D eigenvalue weighted by Gasteiger charge is 2.06. The van der Waals surface area contributed by atoms with E-state index in [9.17, 15) is 4.79 Å². The molecule has 1 amide bonds. The predicted octanol–water partition coefficient (Wildman–Crippen LogP) is 2.25. The Morgan fingerprint density at radius 2 is 1.82 bits per heavy atom. The second-order valence-electron chi connectivity index (χ2n) is 4.66. The highest BCUT2D eigenvalue weighted by molar-refractivity contribution is 7.80. The van der Waals surface area contributed by atoms with Crippen molar-refractivity contribution in [2.45, 2.75) is 6.92 Å². The number of anilines is 1. The molecule has 110 valence electrons. The van der Waals surface area contributed by atoms with Crippen LogP contribution in [0.5, 0.6) is 0 Å². The van der Waals surface area contributed by atoms with Crippen LogP contribution < -0.4 is 10.6 Å². The third-order valence-corrected chi connectivity index (χ3v) is 3.12. The van der Waals surface area contributed by atoms with Gasteiger partial charge < -0.3 is 10.6 Å². The number of carbonyl (C=O) groups excluding carboxylic acids is 1. The van der Waals surface area contributed by atoms with Crippen molar-refractivity contribution in [2.75, 3.05) is 5.32 Å². The van der Waals surface area contributed by atoms with E-state index < -0.39 is 0 Å². The molecule has 0 unspecified atom stereocenters. The number of hydrogen-bond donors (Lipinski definition) is 2. The quantitative estimate of drug-likeness (QED) is 0.710. The first-order valence-corrected chi connectivity index (χ1v) is 7.04. The molecule has 0 saturated heterocycles. The third kappa shape index (κ3) is 3.09. The van der Waals surface area contributed by atoms with Crippen LogP contribution >= 0.6 is 12.2 Å². The highest BCUT2D eigenvalue weighted by Crippen LogP contribution is 2.17. The summed E-state index contributed by atoms with van der Waals surface area (Å²) in [6.07, 6.45) is 0. The van der Waals surface area contributed by atoms with E-state index in [0.717, 1.165) is 22.4 Å². The molecule has 1 heterocycles. The van der Waals surface area contributed by atoms with Crippen LogP contribution in [0.4, 0.5) is 5.69 Å². The van der Waals surface area contributed by atoms with Crippen molar-refractivity contribution in [1.29, 1.82) is 0 Å². The first-order valence-electron chi connectivity index (χ1n) is 6.63. The molecular formula is C15H13N5OS. The number of aromatic nitrogens is 3. The fourth-order valence-electron chi connectivity index (χ4n) is 1.99. The maximum Gasteiger partial charge on any atom is 0.222 e. The van der Waals surface area contributed by atoms with Crippen LogP contribution in [0.15, 0.2) is 48.5 Å². The van der Waals surface area contributed by atoms with Crippen LogP contribution in [0.2, 0.25) is 0 Å². The third-order valence-electron chi connectivity index (χ3n) is 2.91. The number of carbonyl (C=O) groups is 1. The maximum absolute atomic E-state index is 11.0. The lowest BCUT2D eigenvalue weighted by Crippen LogP contribution is -2.32. The van der Waals surface area contributed by atoms with Gasteiger partial charge in [0.1, 0.15) is 11.0 Å². The van der Waals surface area contributed by atoms with Crippen molar-refractivity contribution >= 4 is 40.0 Å². The van der Waals surface area contributed by atoms with Gasteiger partial charge in [0.15, 0.2) is 5.11 Å². The van der Waals surface area contributed by atoms with Crippen molar-refractivity contribution in [2.24, 2.45) is 0 Å². The number of amides is 1. The van der Waals surface area contributed by atoms with Gasteiger partial charge in [0.2, 0.25) is 5.91 Å². The molecule has 0 bridgehead atoms. The minimum Gasteiger partial charge on any atom is -0.332 e. The Kier molecular flexibility index (Phi) is 3.80. The zero-order chi connectivity index (χ0) is 15.5. The van der Waals surface area contributed by atoms with Gasteiger partial charge in [-0.1, -0.05) is 18.2 Å². The summed E-state index contributed by atoms with van der Waals surface area (Å²) in [5.41, 5.74) is 3.15. The minimum absolute atomic E-state index is 0.214. The van der Waals surface area contributed by atoms with E-state index in [-0.39, 0.29) is 11.0 Å². The lowest BCUT2D eigenvalue weighted by molar-refractivity contribution is -0.117. The minimum atomic E-state index is -0.214. The van der Waals surface area contributed by atoms with E-state index in [2.05, 4.69) is 20.8 Å². The zero-order valence-corrected chi connectivity index (χ0v) is 12.6. The average molecular weight is 311 g/mol. The standard InChI is InChI=1S/C15H13N5OS/c1-10(21)16-15(22)17-11-7-8-13-14(9-11)19-20(18-13)12-5-3-2-4-6-12/h2-9H,1H3,(H2,16,17,21,22). The van der Waals surface area contributed by atoms with Gasteiger partial charge in [-0.3, -0.25) is 4.79 Å². The molecule has 0 aliphatic carbocycles. The fourth-order valence-corrected chi connectivity index (χ4v) is 2.25. The molecule has 0 saturated carbocycles. The molecule has 0 radical (unpaired) electrons. The molecule has 0 spiro atoms. The summed E-state index contributed by atoms with van der Waals surface area (Å²) in [4.78, 5) is 12.5. The second-order valence-corrected chi connectivity index (χ2v) is 5.07. The number of thiocarbonyl (C=S) groups is 1. The first kappa shape index (κ1) is 14.2. The Morgan fingerprint density at radius 3 is 2.55 bits per heavy atom. The van der Waals surface area contributed by atoms with Crippen LogP contribution in [0, 0.1) is 0 Å². The predicted molar refractivity (Wildman–Crippen MR) is 88.9 cm³/mol. The smallest absolute Gasteiger partial charge is 0.222 e. The molecule has 1 aromatic heterocycles. The Bertz CT molecular complexity index is 844. The maximum atomic E-state index is 11.0. The van der Waals surface area contributed by atoms with Crippen LogP contribution in [0.3, 0.4) is 0 Å². The zero-order valence-electron chi connectivity index (χ0n) is 11.8. The highest BCUT2D eigenvalue weighted by atomic mass is 32.1. The fraction of sp³-hybridized carbons (Fsp3) is 0.0667. The lowest BCUT2D eigenvalue weighted by atomic mass is 10.3. The molecule has 22 heavy (non-hydrogen) atoms. The van der Waals surface area contributed by atoms with E-state index in [1.807, 2.05) is 48.5 Å². The number of para-hydroxylation sites is 1. The van der Waals surface area contributed by atoms with Crippen LogP contribution in [0.25, 0.3) is 16.7 Å². The van der Waals surface area contributed by atoms with Gasteiger partial charge in [0.05, 0.1) is 5.69 Å². The van der Waals surface area contributed by atoms with E-state index in [1.165, 1.54) is 6.92 Å². The van der Waals surface area contributed by atoms with Crippen molar-refractivity contribution in [3.63, 3.8) is 0 Å². The van der Waals surface area contributed by atoms with E-state index in [0.29, 0.717) is 0 Å². The van der Waals surface area contributed by atoms with Crippen molar-refractivity contribution < 1.29 is 4.79 Å². The van der Waals surface area contributed by atoms with Crippen molar-refractivity contribution in [3.05, 3.63) is 48.5 Å². The Labute approximate surface area is 132 Å². The van der Waals surface area contributed by atoms with Gasteiger partial charge in [-0.25, -0.2) is 0 Å². The Balaban J connectivity index is 1.87. The number of rotatable bonds is 2. The summed E-state index contributed by atoms with van der Waals surface area (Å²) in [5, 5.41) is 14.6. The topological polar surface area (TPSA) is 71.8 Å². The molecule has 3 rings (SSSR count). The molecule has 6 nitrogen and oxygen atoms in total. The summed E-state index contributed by atoms with van der Waals surface area (Å²) in [6, 6.07) is 15.2. The second kappa shape index (κ2) is 5.90. The number of benzene rings is 2. The van der Waals surface area contributed by atoms with Gasteiger partial charge in [-0.15, -0.1) is 10.2 Å². The van der Waals surface area contributed by atoms with E-state index in [4.69, 9.17) is 12.2 Å². The van der Waals surface area contributed by atoms with Crippen LogP contribution in [-0.4, -0.2) is 26.0 Å². The molecule has 0 aliphatic rings. The van der Waals surface area contributed by atoms with E-state index >= 15 is 0 Å². The molecule has 3 aromatic rings. The number of hydrogen-bond acceptors (Lipinski definition) is 4. The summed E-state index contributed by atoms with van der Waals surface area (Å²) in [5.74, 6) is -0.214. The first-order chi connectivity index (χ1) is 10.6. The molecule has 2 N–H and O–H groups in total. The van der Waals surface area contributed by atoms with Crippen LogP contribution in [0.1, 0.15) is 6.92 Å². The monoisotopic (exact) mass is 311 g/mol. The summed E-state index contributed by atoms with van der Waals surface area (Å²) in [7, 11) is 0. The Morgan fingerprint density at radius 1 is 1.09 bits per heavy atom. The number of nitrogens with one attached hydrogen (secondary N) is 2. The average Bonchev–Trinajstić information content (AvgIpc) is 2.90. The molecule has 7 heteroatoms. The summed E-state index contributed by atoms with van der Waals surface area (Å²) < 4.78 is 0. The molecule has 0 aliphatic heterocycles. The van der Waals surface area contributed by atoms with Gasteiger partial charge >= 0.3 is 0 Å². The summed E-state index contributed by atoms with van der Waals surface area (Å²) >= 11 is 5.03. The van der Waals surface area contributed by atoms with Crippen molar-refractivity contribution in [3.8, 4) is 5.69 Å². The molecule has 2 aromatic carbocycles. The molecule has 0 fully saturated rings. The number of fused-ring (bicyclic) bond motifs is 1. The Hall–Kier alpha value is -2.80. The molecule has 0 atom stereocenters.